The predicted octanol–water partition coefficient (Wildman–Crippen LogP) is 1.81. The number of Topliss-reactive ketones (excluding diaryl/α,β-unsaturated/α-hetero) is 1. The van der Waals surface area contributed by atoms with E-state index in [0.29, 0.717) is 12.6 Å². The molecule has 1 aliphatic heterocycles. The maximum atomic E-state index is 12.4. The third kappa shape index (κ3) is 3.09. The van der Waals surface area contributed by atoms with Gasteiger partial charge in [0.15, 0.2) is 5.78 Å². The lowest BCUT2D eigenvalue weighted by molar-refractivity contribution is -0.138. The summed E-state index contributed by atoms with van der Waals surface area (Å²) >= 11 is 0. The molecule has 1 saturated carbocycles. The van der Waals surface area contributed by atoms with Gasteiger partial charge in [0, 0.05) is 50.2 Å². The van der Waals surface area contributed by atoms with Gasteiger partial charge in [-0.25, -0.2) is 0 Å². The van der Waals surface area contributed by atoms with Crippen LogP contribution in [0.15, 0.2) is 12.3 Å². The van der Waals surface area contributed by atoms with E-state index in [1.54, 1.807) is 6.92 Å². The highest BCUT2D eigenvalue weighted by Gasteiger charge is 2.31. The van der Waals surface area contributed by atoms with Crippen LogP contribution in [0.2, 0.25) is 0 Å². The lowest BCUT2D eigenvalue weighted by Gasteiger charge is -2.37. The minimum absolute atomic E-state index is 0.0870. The number of amides is 1. The van der Waals surface area contributed by atoms with Crippen molar-refractivity contribution in [1.29, 1.82) is 0 Å². The monoisotopic (exact) mass is 303 g/mol. The first-order valence-electron chi connectivity index (χ1n) is 8.22. The highest BCUT2D eigenvalue weighted by molar-refractivity contribution is 5.94. The number of carbonyl (C=O) groups is 2. The Labute approximate surface area is 131 Å². The molecule has 2 aliphatic rings. The van der Waals surface area contributed by atoms with Crippen LogP contribution in [-0.2, 0) is 18.4 Å². The minimum Gasteiger partial charge on any atom is -0.353 e. The molecule has 0 N–H and O–H groups in total. The number of aryl methyl sites for hydroxylation is 1. The first kappa shape index (κ1) is 15.3. The number of rotatable bonds is 4. The summed E-state index contributed by atoms with van der Waals surface area (Å²) in [6, 6.07) is 2.42. The highest BCUT2D eigenvalue weighted by Crippen LogP contribution is 2.25. The molecule has 2 fully saturated rings. The van der Waals surface area contributed by atoms with Gasteiger partial charge in [0.05, 0.1) is 6.54 Å². The van der Waals surface area contributed by atoms with E-state index < -0.39 is 0 Å². The van der Waals surface area contributed by atoms with Gasteiger partial charge in [-0.15, -0.1) is 0 Å². The Bertz CT molecular complexity index is 572. The molecule has 0 radical (unpaired) electrons. The van der Waals surface area contributed by atoms with Gasteiger partial charge in [-0.2, -0.15) is 0 Å². The molecule has 5 nitrogen and oxygen atoms in total. The van der Waals surface area contributed by atoms with Gasteiger partial charge < -0.3 is 9.47 Å². The third-order valence-electron chi connectivity index (χ3n) is 5.00. The molecule has 0 atom stereocenters. The maximum Gasteiger partial charge on any atom is 0.237 e. The summed E-state index contributed by atoms with van der Waals surface area (Å²) in [4.78, 5) is 28.1. The van der Waals surface area contributed by atoms with E-state index in [0.717, 1.165) is 30.9 Å². The molecule has 0 spiro atoms. The van der Waals surface area contributed by atoms with Crippen molar-refractivity contribution in [2.24, 2.45) is 7.05 Å². The topological polar surface area (TPSA) is 45.6 Å². The zero-order valence-electron chi connectivity index (χ0n) is 13.5. The zero-order chi connectivity index (χ0) is 15.7. The zero-order valence-corrected chi connectivity index (χ0v) is 13.5. The van der Waals surface area contributed by atoms with Gasteiger partial charge in [0.25, 0.3) is 0 Å². The molecule has 1 aromatic heterocycles. The molecule has 1 aromatic rings. The van der Waals surface area contributed by atoms with Crippen LogP contribution in [0.4, 0.5) is 0 Å². The molecular formula is C17H25N3O2. The molecule has 0 bridgehead atoms. The lowest BCUT2D eigenvalue weighted by Crippen LogP contribution is -2.53. The largest absolute Gasteiger partial charge is 0.353 e. The van der Waals surface area contributed by atoms with E-state index in [4.69, 9.17) is 0 Å². The molecule has 1 aliphatic carbocycles. The number of aromatic nitrogens is 1. The fourth-order valence-corrected chi connectivity index (χ4v) is 3.66. The van der Waals surface area contributed by atoms with Crippen LogP contribution < -0.4 is 0 Å². The molecule has 3 rings (SSSR count). The van der Waals surface area contributed by atoms with E-state index in [1.807, 2.05) is 23.9 Å². The van der Waals surface area contributed by atoms with Crippen LogP contribution in [-0.4, -0.2) is 51.7 Å². The van der Waals surface area contributed by atoms with E-state index >= 15 is 0 Å². The number of piperazine rings is 1. The van der Waals surface area contributed by atoms with Crippen molar-refractivity contribution in [1.82, 2.24) is 14.4 Å². The molecule has 1 amide bonds. The van der Waals surface area contributed by atoms with Crippen LogP contribution in [0, 0.1) is 0 Å². The van der Waals surface area contributed by atoms with E-state index in [9.17, 15) is 9.59 Å². The second-order valence-electron chi connectivity index (χ2n) is 6.62. The quantitative estimate of drug-likeness (QED) is 0.797. The first-order valence-corrected chi connectivity index (χ1v) is 8.22. The number of carbonyl (C=O) groups excluding carboxylic acids is 2. The molecule has 5 heteroatoms. The summed E-state index contributed by atoms with van der Waals surface area (Å²) in [6.07, 6.45) is 6.73. The fraction of sp³-hybridized carbons (Fsp3) is 0.647. The SMILES string of the molecule is CC(=O)c1cc(CN2CCN(C3CCCC3)C(=O)C2)n(C)c1. The summed E-state index contributed by atoms with van der Waals surface area (Å²) < 4.78 is 1.99. The van der Waals surface area contributed by atoms with E-state index in [2.05, 4.69) is 9.80 Å². The molecular weight excluding hydrogens is 278 g/mol. The number of hydrogen-bond acceptors (Lipinski definition) is 3. The molecule has 2 heterocycles. The predicted molar refractivity (Wildman–Crippen MR) is 84.7 cm³/mol. The van der Waals surface area contributed by atoms with Gasteiger partial charge in [-0.1, -0.05) is 12.8 Å². The molecule has 120 valence electrons. The Morgan fingerprint density at radius 3 is 2.59 bits per heavy atom. The lowest BCUT2D eigenvalue weighted by atomic mass is 10.1. The average Bonchev–Trinajstić information content (AvgIpc) is 3.10. The van der Waals surface area contributed by atoms with Crippen molar-refractivity contribution in [3.63, 3.8) is 0 Å². The van der Waals surface area contributed by atoms with Crippen LogP contribution in [0.25, 0.3) is 0 Å². The van der Waals surface area contributed by atoms with Crippen molar-refractivity contribution in [3.05, 3.63) is 23.5 Å². The molecule has 1 saturated heterocycles. The van der Waals surface area contributed by atoms with Gasteiger partial charge in [0.1, 0.15) is 0 Å². The van der Waals surface area contributed by atoms with Gasteiger partial charge in [0.2, 0.25) is 5.91 Å². The number of nitrogens with zero attached hydrogens (tertiary/aromatic N) is 3. The Balaban J connectivity index is 1.61. The average molecular weight is 303 g/mol. The molecule has 0 aromatic carbocycles. The van der Waals surface area contributed by atoms with Crippen LogP contribution >= 0.6 is 0 Å². The Kier molecular flexibility index (Phi) is 4.34. The standard InChI is InChI=1S/C17H25N3O2/c1-13(21)14-9-16(18(2)10-14)11-19-7-8-20(17(22)12-19)15-5-3-4-6-15/h9-10,15H,3-8,11-12H2,1-2H3. The van der Waals surface area contributed by atoms with Crippen LogP contribution in [0.3, 0.4) is 0 Å². The van der Waals surface area contributed by atoms with Gasteiger partial charge >= 0.3 is 0 Å². The third-order valence-corrected chi connectivity index (χ3v) is 5.00. The van der Waals surface area contributed by atoms with E-state index in [1.165, 1.54) is 25.7 Å². The smallest absolute Gasteiger partial charge is 0.237 e. The maximum absolute atomic E-state index is 12.4. The van der Waals surface area contributed by atoms with Gasteiger partial charge in [-0.3, -0.25) is 14.5 Å². The fourth-order valence-electron chi connectivity index (χ4n) is 3.66. The minimum atomic E-state index is 0.0870. The number of ketones is 1. The summed E-state index contributed by atoms with van der Waals surface area (Å²) in [5, 5.41) is 0. The first-order chi connectivity index (χ1) is 10.5. The summed E-state index contributed by atoms with van der Waals surface area (Å²) in [7, 11) is 1.96. The van der Waals surface area contributed by atoms with Crippen LogP contribution in [0.1, 0.15) is 48.7 Å². The second-order valence-corrected chi connectivity index (χ2v) is 6.62. The number of hydrogen-bond donors (Lipinski definition) is 0. The van der Waals surface area contributed by atoms with Crippen LogP contribution in [0.5, 0.6) is 0 Å². The Morgan fingerprint density at radius 2 is 2.00 bits per heavy atom. The highest BCUT2D eigenvalue weighted by atomic mass is 16.2. The van der Waals surface area contributed by atoms with Crippen molar-refractivity contribution in [3.8, 4) is 0 Å². The summed E-state index contributed by atoms with van der Waals surface area (Å²) in [5.74, 6) is 0.350. The summed E-state index contributed by atoms with van der Waals surface area (Å²) in [5.41, 5.74) is 1.83. The molecule has 0 unspecified atom stereocenters. The second kappa shape index (κ2) is 6.24. The van der Waals surface area contributed by atoms with Crippen molar-refractivity contribution < 1.29 is 9.59 Å². The Morgan fingerprint density at radius 1 is 1.27 bits per heavy atom. The Hall–Kier alpha value is -1.62. The normalized spacial score (nSPS) is 20.8. The van der Waals surface area contributed by atoms with Crippen molar-refractivity contribution in [2.45, 2.75) is 45.2 Å². The molecule has 22 heavy (non-hydrogen) atoms. The van der Waals surface area contributed by atoms with Crippen molar-refractivity contribution >= 4 is 11.7 Å². The van der Waals surface area contributed by atoms with Gasteiger partial charge in [-0.05, 0) is 25.8 Å². The summed E-state index contributed by atoms with van der Waals surface area (Å²) in [6.45, 7) is 4.57. The van der Waals surface area contributed by atoms with Crippen molar-refractivity contribution in [2.75, 3.05) is 19.6 Å². The van der Waals surface area contributed by atoms with E-state index in [-0.39, 0.29) is 11.7 Å².